The Labute approximate surface area is 120 Å². The lowest BCUT2D eigenvalue weighted by atomic mass is 9.96. The van der Waals surface area contributed by atoms with Crippen LogP contribution in [-0.4, -0.2) is 5.78 Å². The molecular formula is C15H10Cl2O2. The van der Waals surface area contributed by atoms with Gasteiger partial charge in [-0.1, -0.05) is 53.5 Å². The highest BCUT2D eigenvalue weighted by atomic mass is 35.5. The predicted molar refractivity (Wildman–Crippen MR) is 75.2 cm³/mol. The molecule has 0 saturated carbocycles. The summed E-state index contributed by atoms with van der Waals surface area (Å²) < 4.78 is 5.86. The van der Waals surface area contributed by atoms with Crippen LogP contribution in [0.1, 0.15) is 28.4 Å². The Morgan fingerprint density at radius 2 is 1.84 bits per heavy atom. The Hall–Kier alpha value is -1.51. The highest BCUT2D eigenvalue weighted by Gasteiger charge is 2.29. The number of fused-ring (bicyclic) bond motifs is 1. The summed E-state index contributed by atoms with van der Waals surface area (Å²) in [5, 5.41) is 0.815. The Balaban J connectivity index is 2.03. The number of rotatable bonds is 1. The van der Waals surface area contributed by atoms with Gasteiger partial charge < -0.3 is 4.74 Å². The summed E-state index contributed by atoms with van der Waals surface area (Å²) in [5.74, 6) is 0.427. The van der Waals surface area contributed by atoms with Gasteiger partial charge >= 0.3 is 0 Å². The van der Waals surface area contributed by atoms with E-state index in [1.165, 1.54) is 0 Å². The Morgan fingerprint density at radius 1 is 1.11 bits per heavy atom. The molecule has 2 nitrogen and oxygen atoms in total. The van der Waals surface area contributed by atoms with Crippen molar-refractivity contribution in [3.05, 3.63) is 63.6 Å². The number of hydrogen-bond donors (Lipinski definition) is 0. The van der Waals surface area contributed by atoms with Gasteiger partial charge in [-0.15, -0.1) is 0 Å². The zero-order chi connectivity index (χ0) is 13.4. The van der Waals surface area contributed by atoms with Crippen LogP contribution >= 0.6 is 23.2 Å². The molecule has 2 aromatic carbocycles. The number of carbonyl (C=O) groups excluding carboxylic acids is 1. The standard InChI is InChI=1S/C15H10Cl2O2/c16-10-6-11-13(18)8-14(9-4-2-1-3-5-9)19-15(11)12(17)7-10/h1-7,14H,8H2. The highest BCUT2D eigenvalue weighted by molar-refractivity contribution is 6.36. The second-order valence-corrected chi connectivity index (χ2v) is 5.25. The Kier molecular flexibility index (Phi) is 3.21. The van der Waals surface area contributed by atoms with Crippen LogP contribution < -0.4 is 4.74 Å². The molecule has 0 N–H and O–H groups in total. The number of ether oxygens (including phenoxy) is 1. The van der Waals surface area contributed by atoms with Crippen molar-refractivity contribution in [3.8, 4) is 5.75 Å². The zero-order valence-corrected chi connectivity index (χ0v) is 11.4. The molecule has 0 aliphatic carbocycles. The Morgan fingerprint density at radius 3 is 2.58 bits per heavy atom. The van der Waals surface area contributed by atoms with Crippen molar-refractivity contribution in [1.82, 2.24) is 0 Å². The first-order valence-electron chi connectivity index (χ1n) is 5.89. The van der Waals surface area contributed by atoms with Crippen molar-refractivity contribution in [2.45, 2.75) is 12.5 Å². The zero-order valence-electron chi connectivity index (χ0n) is 9.90. The predicted octanol–water partition coefficient (Wildman–Crippen LogP) is 4.70. The Bertz CT molecular complexity index is 638. The lowest BCUT2D eigenvalue weighted by Gasteiger charge is -2.26. The van der Waals surface area contributed by atoms with Gasteiger partial charge in [-0.2, -0.15) is 0 Å². The third-order valence-corrected chi connectivity index (χ3v) is 3.61. The van der Waals surface area contributed by atoms with Gasteiger partial charge in [0.15, 0.2) is 5.78 Å². The van der Waals surface area contributed by atoms with Crippen molar-refractivity contribution in [1.29, 1.82) is 0 Å². The molecular weight excluding hydrogens is 283 g/mol. The molecule has 3 rings (SSSR count). The third-order valence-electron chi connectivity index (χ3n) is 3.11. The van der Waals surface area contributed by atoms with Crippen molar-refractivity contribution < 1.29 is 9.53 Å². The van der Waals surface area contributed by atoms with Gasteiger partial charge in [0.25, 0.3) is 0 Å². The second-order valence-electron chi connectivity index (χ2n) is 4.41. The van der Waals surface area contributed by atoms with E-state index in [-0.39, 0.29) is 11.9 Å². The number of carbonyl (C=O) groups is 1. The molecule has 1 aliphatic heterocycles. The minimum atomic E-state index is -0.292. The summed E-state index contributed by atoms with van der Waals surface area (Å²) in [4.78, 5) is 12.2. The van der Waals surface area contributed by atoms with Gasteiger partial charge in [-0.05, 0) is 17.7 Å². The quantitative estimate of drug-likeness (QED) is 0.761. The van der Waals surface area contributed by atoms with Crippen LogP contribution in [0.4, 0.5) is 0 Å². The van der Waals surface area contributed by atoms with Crippen molar-refractivity contribution in [2.24, 2.45) is 0 Å². The number of halogens is 2. The maximum atomic E-state index is 12.2. The van der Waals surface area contributed by atoms with E-state index < -0.39 is 0 Å². The summed E-state index contributed by atoms with van der Waals surface area (Å²) in [6, 6.07) is 12.8. The SMILES string of the molecule is O=C1CC(c2ccccc2)Oc2c(Cl)cc(Cl)cc21. The maximum absolute atomic E-state index is 12.2. The van der Waals surface area contributed by atoms with E-state index >= 15 is 0 Å². The lowest BCUT2D eigenvalue weighted by molar-refractivity contribution is 0.0850. The summed E-state index contributed by atoms with van der Waals surface area (Å²) in [6.07, 6.45) is 0.00751. The molecule has 0 amide bonds. The molecule has 0 fully saturated rings. The third kappa shape index (κ3) is 2.34. The minimum absolute atomic E-state index is 0.000460. The summed E-state index contributed by atoms with van der Waals surface area (Å²) in [5.41, 5.74) is 1.43. The normalized spacial score (nSPS) is 17.8. The number of ketones is 1. The molecule has 1 atom stereocenters. The molecule has 1 unspecified atom stereocenters. The lowest BCUT2D eigenvalue weighted by Crippen LogP contribution is -2.20. The van der Waals surface area contributed by atoms with E-state index in [1.54, 1.807) is 12.1 Å². The van der Waals surface area contributed by atoms with E-state index in [0.29, 0.717) is 27.8 Å². The van der Waals surface area contributed by atoms with Crippen LogP contribution in [0.3, 0.4) is 0 Å². The molecule has 19 heavy (non-hydrogen) atoms. The van der Waals surface area contributed by atoms with Crippen molar-refractivity contribution >= 4 is 29.0 Å². The topological polar surface area (TPSA) is 26.3 Å². The molecule has 0 aromatic heterocycles. The van der Waals surface area contributed by atoms with Crippen LogP contribution in [0.2, 0.25) is 10.0 Å². The van der Waals surface area contributed by atoms with Gasteiger partial charge in [0, 0.05) is 5.02 Å². The van der Waals surface area contributed by atoms with Gasteiger partial charge in [-0.3, -0.25) is 4.79 Å². The van der Waals surface area contributed by atoms with E-state index in [9.17, 15) is 4.79 Å². The van der Waals surface area contributed by atoms with E-state index in [4.69, 9.17) is 27.9 Å². The van der Waals surface area contributed by atoms with E-state index in [2.05, 4.69) is 0 Å². The average molecular weight is 293 g/mol. The number of hydrogen-bond acceptors (Lipinski definition) is 2. The van der Waals surface area contributed by atoms with Crippen LogP contribution in [0.25, 0.3) is 0 Å². The summed E-state index contributed by atoms with van der Waals surface area (Å²) in [7, 11) is 0. The number of Topliss-reactive ketones (excluding diaryl/α,β-unsaturated/α-hetero) is 1. The van der Waals surface area contributed by atoms with E-state index in [1.807, 2.05) is 30.3 Å². The first-order valence-corrected chi connectivity index (χ1v) is 6.64. The monoisotopic (exact) mass is 292 g/mol. The first-order chi connectivity index (χ1) is 9.15. The van der Waals surface area contributed by atoms with Crippen molar-refractivity contribution in [2.75, 3.05) is 0 Å². The fourth-order valence-corrected chi connectivity index (χ4v) is 2.74. The van der Waals surface area contributed by atoms with Crippen LogP contribution in [0, 0.1) is 0 Å². The van der Waals surface area contributed by atoms with Gasteiger partial charge in [0.1, 0.15) is 11.9 Å². The molecule has 0 saturated heterocycles. The van der Waals surface area contributed by atoms with Crippen LogP contribution in [0.5, 0.6) is 5.75 Å². The van der Waals surface area contributed by atoms with Crippen LogP contribution in [-0.2, 0) is 0 Å². The molecule has 0 spiro atoms. The minimum Gasteiger partial charge on any atom is -0.483 e. The molecule has 2 aromatic rings. The van der Waals surface area contributed by atoms with Gasteiger partial charge in [0.05, 0.1) is 17.0 Å². The van der Waals surface area contributed by atoms with Gasteiger partial charge in [-0.25, -0.2) is 0 Å². The maximum Gasteiger partial charge on any atom is 0.170 e. The van der Waals surface area contributed by atoms with Crippen LogP contribution in [0.15, 0.2) is 42.5 Å². The number of benzene rings is 2. The molecule has 0 radical (unpaired) electrons. The average Bonchev–Trinajstić information content (AvgIpc) is 2.41. The molecule has 1 aliphatic rings. The molecule has 96 valence electrons. The molecule has 1 heterocycles. The molecule has 0 bridgehead atoms. The second kappa shape index (κ2) is 4.87. The van der Waals surface area contributed by atoms with Crippen molar-refractivity contribution in [3.63, 3.8) is 0 Å². The van der Waals surface area contributed by atoms with Gasteiger partial charge in [0.2, 0.25) is 0 Å². The summed E-state index contributed by atoms with van der Waals surface area (Å²) in [6.45, 7) is 0. The first kappa shape index (κ1) is 12.5. The fraction of sp³-hybridized carbons (Fsp3) is 0.133. The smallest absolute Gasteiger partial charge is 0.170 e. The van der Waals surface area contributed by atoms with E-state index in [0.717, 1.165) is 5.56 Å². The fourth-order valence-electron chi connectivity index (χ4n) is 2.20. The highest BCUT2D eigenvalue weighted by Crippen LogP contribution is 2.41. The molecule has 4 heteroatoms. The summed E-state index contributed by atoms with van der Waals surface area (Å²) >= 11 is 12.0. The largest absolute Gasteiger partial charge is 0.483 e.